The number of aromatic nitrogens is 2. The van der Waals surface area contributed by atoms with Crippen molar-refractivity contribution in [1.82, 2.24) is 9.97 Å². The van der Waals surface area contributed by atoms with Crippen molar-refractivity contribution >= 4 is 28.7 Å². The van der Waals surface area contributed by atoms with E-state index in [1.54, 1.807) is 0 Å². The number of nitrogens with zero attached hydrogens (tertiary/aromatic N) is 3. The van der Waals surface area contributed by atoms with Crippen molar-refractivity contribution in [2.75, 3.05) is 10.6 Å². The minimum atomic E-state index is -4.44. The first kappa shape index (κ1) is 19.0. The van der Waals surface area contributed by atoms with Gasteiger partial charge in [-0.3, -0.25) is 15.1 Å². The monoisotopic (exact) mass is 393 g/mol. The lowest BCUT2D eigenvalue weighted by atomic mass is 10.2. The fourth-order valence-electron chi connectivity index (χ4n) is 2.28. The molecule has 11 heteroatoms. The third-order valence-corrected chi connectivity index (χ3v) is 3.54. The molecule has 3 aromatic rings. The summed E-state index contributed by atoms with van der Waals surface area (Å²) in [5.74, 6) is -0.436. The number of hydrogen-bond donors (Lipinski definition) is 2. The van der Waals surface area contributed by atoms with Gasteiger partial charge in [0.2, 0.25) is 0 Å². The molecule has 1 aromatic heterocycles. The van der Waals surface area contributed by atoms with Crippen molar-refractivity contribution in [2.45, 2.75) is 6.18 Å². The molecule has 144 valence electrons. The molecule has 3 rings (SSSR count). The highest BCUT2D eigenvalue weighted by atomic mass is 19.4. The van der Waals surface area contributed by atoms with E-state index in [2.05, 4.69) is 20.6 Å². The molecule has 0 radical (unpaired) electrons. The molecule has 0 saturated carbocycles. The molecule has 0 unspecified atom stereocenters. The smallest absolute Gasteiger partial charge is 0.339 e. The molecule has 2 aromatic carbocycles. The zero-order chi connectivity index (χ0) is 20.3. The predicted octanol–water partition coefficient (Wildman–Crippen LogP) is 5.03. The van der Waals surface area contributed by atoms with Crippen LogP contribution in [-0.2, 0) is 6.18 Å². The minimum Gasteiger partial charge on any atom is -0.339 e. The minimum absolute atomic E-state index is 0.0746. The highest BCUT2D eigenvalue weighted by Crippen LogP contribution is 2.31. The van der Waals surface area contributed by atoms with Gasteiger partial charge in [0.15, 0.2) is 11.6 Å². The molecule has 7 nitrogen and oxygen atoms in total. The van der Waals surface area contributed by atoms with E-state index in [9.17, 15) is 27.7 Å². The maximum atomic E-state index is 13.4. The Morgan fingerprint density at radius 2 is 1.61 bits per heavy atom. The Balaban J connectivity index is 1.80. The normalized spacial score (nSPS) is 11.1. The van der Waals surface area contributed by atoms with Crippen LogP contribution in [0.4, 0.5) is 46.3 Å². The Morgan fingerprint density at radius 1 is 0.964 bits per heavy atom. The number of anilines is 4. The third kappa shape index (κ3) is 4.50. The highest BCUT2D eigenvalue weighted by molar-refractivity contribution is 5.68. The quantitative estimate of drug-likeness (QED) is 0.359. The first-order valence-corrected chi connectivity index (χ1v) is 7.70. The molecule has 28 heavy (non-hydrogen) atoms. The van der Waals surface area contributed by atoms with Gasteiger partial charge in [-0.2, -0.15) is 13.2 Å². The van der Waals surface area contributed by atoms with E-state index in [0.717, 1.165) is 30.3 Å². The zero-order valence-electron chi connectivity index (χ0n) is 13.9. The molecule has 0 fully saturated rings. The summed E-state index contributed by atoms with van der Waals surface area (Å²) in [6.45, 7) is 0. The summed E-state index contributed by atoms with van der Waals surface area (Å²) in [5, 5.41) is 16.4. The first-order chi connectivity index (χ1) is 13.2. The number of rotatable bonds is 5. The Bertz CT molecular complexity index is 1010. The Hall–Kier alpha value is -3.76. The Kier molecular flexibility index (Phi) is 5.07. The van der Waals surface area contributed by atoms with Crippen LogP contribution in [0.15, 0.2) is 54.9 Å². The number of alkyl halides is 3. The van der Waals surface area contributed by atoms with Gasteiger partial charge in [0.25, 0.3) is 5.69 Å². The van der Waals surface area contributed by atoms with Gasteiger partial charge in [0.1, 0.15) is 11.5 Å². The lowest BCUT2D eigenvalue weighted by Gasteiger charge is -2.10. The van der Waals surface area contributed by atoms with E-state index in [4.69, 9.17) is 0 Å². The molecule has 0 spiro atoms. The SMILES string of the molecule is O=[N+]([O-])c1ccc(F)cc1Nc1cncc(Nc2ccc(C(F)(F)F)cc2)n1. The number of hydrogen-bond acceptors (Lipinski definition) is 6. The van der Waals surface area contributed by atoms with Crippen LogP contribution in [0.1, 0.15) is 5.56 Å². The number of nitrogens with one attached hydrogen (secondary N) is 2. The van der Waals surface area contributed by atoms with Gasteiger partial charge in [-0.05, 0) is 30.3 Å². The van der Waals surface area contributed by atoms with Crippen LogP contribution in [0.5, 0.6) is 0 Å². The number of halogens is 4. The molecular formula is C17H11F4N5O2. The van der Waals surface area contributed by atoms with Gasteiger partial charge in [-0.25, -0.2) is 9.37 Å². The fourth-order valence-corrected chi connectivity index (χ4v) is 2.28. The van der Waals surface area contributed by atoms with Crippen molar-refractivity contribution in [3.8, 4) is 0 Å². The fraction of sp³-hybridized carbons (Fsp3) is 0.0588. The summed E-state index contributed by atoms with van der Waals surface area (Å²) in [5.41, 5.74) is -0.940. The van der Waals surface area contributed by atoms with Gasteiger partial charge in [0.05, 0.1) is 22.9 Å². The maximum absolute atomic E-state index is 13.4. The van der Waals surface area contributed by atoms with Crippen LogP contribution in [0.2, 0.25) is 0 Å². The van der Waals surface area contributed by atoms with Crippen LogP contribution in [0.3, 0.4) is 0 Å². The molecule has 0 bridgehead atoms. The van der Waals surface area contributed by atoms with E-state index in [1.165, 1.54) is 24.5 Å². The van der Waals surface area contributed by atoms with Gasteiger partial charge in [-0.15, -0.1) is 0 Å². The van der Waals surface area contributed by atoms with Gasteiger partial charge < -0.3 is 10.6 Å². The summed E-state index contributed by atoms with van der Waals surface area (Å²) >= 11 is 0. The number of nitro groups is 1. The second-order valence-electron chi connectivity index (χ2n) is 5.53. The van der Waals surface area contributed by atoms with E-state index >= 15 is 0 Å². The largest absolute Gasteiger partial charge is 0.416 e. The molecule has 0 aliphatic carbocycles. The Morgan fingerprint density at radius 3 is 2.21 bits per heavy atom. The number of benzene rings is 2. The van der Waals surface area contributed by atoms with Crippen LogP contribution in [0.25, 0.3) is 0 Å². The lowest BCUT2D eigenvalue weighted by molar-refractivity contribution is -0.384. The van der Waals surface area contributed by atoms with Crippen LogP contribution in [0, 0.1) is 15.9 Å². The summed E-state index contributed by atoms with van der Waals surface area (Å²) in [6, 6.07) is 7.18. The van der Waals surface area contributed by atoms with E-state index in [-0.39, 0.29) is 23.0 Å². The molecule has 0 atom stereocenters. The molecule has 0 aliphatic heterocycles. The van der Waals surface area contributed by atoms with Crippen molar-refractivity contribution in [3.63, 3.8) is 0 Å². The first-order valence-electron chi connectivity index (χ1n) is 7.70. The average molecular weight is 393 g/mol. The van der Waals surface area contributed by atoms with Gasteiger partial charge >= 0.3 is 6.18 Å². The Labute approximate surface area is 155 Å². The van der Waals surface area contributed by atoms with Gasteiger partial charge in [0, 0.05) is 17.8 Å². The summed E-state index contributed by atoms with van der Waals surface area (Å²) in [4.78, 5) is 18.4. The molecular weight excluding hydrogens is 382 g/mol. The van der Waals surface area contributed by atoms with Crippen molar-refractivity contribution < 1.29 is 22.5 Å². The predicted molar refractivity (Wildman–Crippen MR) is 93.1 cm³/mol. The molecule has 0 amide bonds. The van der Waals surface area contributed by atoms with Crippen LogP contribution < -0.4 is 10.6 Å². The van der Waals surface area contributed by atoms with Crippen LogP contribution in [-0.4, -0.2) is 14.9 Å². The standard InChI is InChI=1S/C17H11F4N5O2/c18-11-3-6-14(26(27)28)13(7-11)24-16-9-22-8-15(25-16)23-12-4-1-10(2-5-12)17(19,20)21/h1-9H,(H2,23,24,25). The van der Waals surface area contributed by atoms with E-state index < -0.39 is 22.5 Å². The number of nitro benzene ring substituents is 1. The zero-order valence-corrected chi connectivity index (χ0v) is 13.9. The lowest BCUT2D eigenvalue weighted by Crippen LogP contribution is -2.05. The summed E-state index contributed by atoms with van der Waals surface area (Å²) in [6.07, 6.45) is -1.88. The third-order valence-electron chi connectivity index (χ3n) is 3.54. The topological polar surface area (TPSA) is 93.0 Å². The molecule has 2 N–H and O–H groups in total. The summed E-state index contributed by atoms with van der Waals surface area (Å²) in [7, 11) is 0. The highest BCUT2D eigenvalue weighted by Gasteiger charge is 2.29. The van der Waals surface area contributed by atoms with E-state index in [1.807, 2.05) is 0 Å². The van der Waals surface area contributed by atoms with Crippen molar-refractivity contribution in [3.05, 3.63) is 76.4 Å². The summed E-state index contributed by atoms with van der Waals surface area (Å²) < 4.78 is 51.2. The van der Waals surface area contributed by atoms with E-state index in [0.29, 0.717) is 5.69 Å². The average Bonchev–Trinajstić information content (AvgIpc) is 2.61. The van der Waals surface area contributed by atoms with Crippen LogP contribution >= 0.6 is 0 Å². The molecule has 1 heterocycles. The molecule has 0 saturated heterocycles. The van der Waals surface area contributed by atoms with Crippen molar-refractivity contribution in [2.24, 2.45) is 0 Å². The van der Waals surface area contributed by atoms with Crippen molar-refractivity contribution in [1.29, 1.82) is 0 Å². The molecule has 0 aliphatic rings. The maximum Gasteiger partial charge on any atom is 0.416 e. The van der Waals surface area contributed by atoms with Gasteiger partial charge in [-0.1, -0.05) is 0 Å². The second-order valence-corrected chi connectivity index (χ2v) is 5.53. The second kappa shape index (κ2) is 7.47.